The zero-order valence-corrected chi connectivity index (χ0v) is 33.1. The second-order valence-electron chi connectivity index (χ2n) is 15.6. The lowest BCUT2D eigenvalue weighted by atomic mass is 9.95. The molecule has 0 bridgehead atoms. The number of rotatable bonds is 7. The van der Waals surface area contributed by atoms with Gasteiger partial charge in [0.2, 0.25) is 0 Å². The number of benzene rings is 10. The van der Waals surface area contributed by atoms with Gasteiger partial charge in [-0.25, -0.2) is 0 Å². The molecule has 3 nitrogen and oxygen atoms in total. The molecule has 0 saturated heterocycles. The third-order valence-corrected chi connectivity index (χ3v) is 12.1. The van der Waals surface area contributed by atoms with E-state index in [1.54, 1.807) is 0 Å². The van der Waals surface area contributed by atoms with Crippen LogP contribution in [0.25, 0.3) is 99.2 Å². The fraction of sp³-hybridized carbons (Fsp3) is 0. The van der Waals surface area contributed by atoms with Gasteiger partial charge in [-0.2, -0.15) is 0 Å². The van der Waals surface area contributed by atoms with Crippen molar-refractivity contribution in [2.45, 2.75) is 0 Å². The van der Waals surface area contributed by atoms with Gasteiger partial charge in [0, 0.05) is 38.6 Å². The lowest BCUT2D eigenvalue weighted by Crippen LogP contribution is -2.09. The minimum Gasteiger partial charge on any atom is -0.456 e. The SMILES string of the molecule is c1cc(-c2ccc(N(c3ccc(-c4cccc5oc6ccccc6c45)cc3)c3ccc(-c4cccc5oc6ccccc6c45)cc3)cc2)cc(-c2cccc3ccccc23)c1. The summed E-state index contributed by atoms with van der Waals surface area (Å²) in [5.74, 6) is 0. The molecule has 286 valence electrons. The molecule has 0 saturated carbocycles. The standard InChI is InChI=1S/C58H37NO2/c1-2-15-47-39(11-1)12-8-18-48(47)43-14-7-13-42(37-43)38-25-31-44(32-26-38)59(45-33-27-40(28-34-45)49-19-9-23-55-57(49)51-16-3-5-21-53(51)60-55)46-35-29-41(30-36-46)50-20-10-24-56-58(50)52-17-4-6-22-54(52)61-56/h1-37H. The molecule has 3 heteroatoms. The Labute approximate surface area is 353 Å². The number of fused-ring (bicyclic) bond motifs is 7. The van der Waals surface area contributed by atoms with E-state index < -0.39 is 0 Å². The van der Waals surface area contributed by atoms with Crippen molar-refractivity contribution < 1.29 is 8.83 Å². The highest BCUT2D eigenvalue weighted by atomic mass is 16.3. The topological polar surface area (TPSA) is 29.5 Å². The summed E-state index contributed by atoms with van der Waals surface area (Å²) in [6, 6.07) is 80.0. The second-order valence-corrected chi connectivity index (χ2v) is 15.6. The molecule has 0 aliphatic carbocycles. The van der Waals surface area contributed by atoms with E-state index in [4.69, 9.17) is 8.83 Å². The maximum absolute atomic E-state index is 6.25. The van der Waals surface area contributed by atoms with Crippen LogP contribution in [0.15, 0.2) is 233 Å². The summed E-state index contributed by atoms with van der Waals surface area (Å²) in [4.78, 5) is 2.34. The number of furan rings is 2. The quantitative estimate of drug-likeness (QED) is 0.161. The van der Waals surface area contributed by atoms with Crippen LogP contribution in [0.1, 0.15) is 0 Å². The first-order chi connectivity index (χ1) is 30.2. The Hall–Kier alpha value is -8.14. The molecule has 0 aliphatic rings. The Bertz CT molecular complexity index is 3410. The molecule has 12 rings (SSSR count). The largest absolute Gasteiger partial charge is 0.456 e. The molecule has 61 heavy (non-hydrogen) atoms. The molecule has 0 spiro atoms. The van der Waals surface area contributed by atoms with Crippen molar-refractivity contribution in [1.82, 2.24) is 0 Å². The van der Waals surface area contributed by atoms with Crippen LogP contribution in [0.2, 0.25) is 0 Å². The van der Waals surface area contributed by atoms with Crippen LogP contribution in [0.3, 0.4) is 0 Å². The zero-order chi connectivity index (χ0) is 40.3. The third kappa shape index (κ3) is 5.98. The molecule has 0 unspecified atom stereocenters. The van der Waals surface area contributed by atoms with Crippen LogP contribution in [0.4, 0.5) is 17.1 Å². The molecular formula is C58H37NO2. The Morgan fingerprint density at radius 2 is 0.672 bits per heavy atom. The molecular weight excluding hydrogens is 743 g/mol. The Morgan fingerprint density at radius 3 is 1.25 bits per heavy atom. The predicted molar refractivity (Wildman–Crippen MR) is 255 cm³/mol. The third-order valence-electron chi connectivity index (χ3n) is 12.1. The molecule has 2 aromatic heterocycles. The first-order valence-corrected chi connectivity index (χ1v) is 20.7. The van der Waals surface area contributed by atoms with Gasteiger partial charge >= 0.3 is 0 Å². The highest BCUT2D eigenvalue weighted by Crippen LogP contribution is 2.42. The van der Waals surface area contributed by atoms with E-state index in [0.717, 1.165) is 88.8 Å². The first-order valence-electron chi connectivity index (χ1n) is 20.7. The van der Waals surface area contributed by atoms with E-state index in [9.17, 15) is 0 Å². The Morgan fingerprint density at radius 1 is 0.262 bits per heavy atom. The van der Waals surface area contributed by atoms with Crippen LogP contribution in [-0.2, 0) is 0 Å². The lowest BCUT2D eigenvalue weighted by Gasteiger charge is -2.26. The van der Waals surface area contributed by atoms with Gasteiger partial charge in [0.1, 0.15) is 22.3 Å². The summed E-state index contributed by atoms with van der Waals surface area (Å²) in [7, 11) is 0. The fourth-order valence-electron chi connectivity index (χ4n) is 9.20. The van der Waals surface area contributed by atoms with E-state index in [1.165, 1.54) is 27.5 Å². The van der Waals surface area contributed by atoms with Gasteiger partial charge in [-0.05, 0) is 122 Å². The molecule has 10 aromatic carbocycles. The van der Waals surface area contributed by atoms with E-state index >= 15 is 0 Å². The molecule has 2 heterocycles. The van der Waals surface area contributed by atoms with E-state index in [1.807, 2.05) is 24.3 Å². The summed E-state index contributed by atoms with van der Waals surface area (Å²) in [5.41, 5.74) is 16.2. The van der Waals surface area contributed by atoms with Crippen molar-refractivity contribution in [2.24, 2.45) is 0 Å². The minimum absolute atomic E-state index is 0.895. The van der Waals surface area contributed by atoms with Crippen LogP contribution in [0, 0.1) is 0 Å². The van der Waals surface area contributed by atoms with Crippen LogP contribution in [-0.4, -0.2) is 0 Å². The van der Waals surface area contributed by atoms with Crippen LogP contribution >= 0.6 is 0 Å². The number of hydrogen-bond donors (Lipinski definition) is 0. The van der Waals surface area contributed by atoms with Gasteiger partial charge < -0.3 is 13.7 Å². The molecule has 0 amide bonds. The van der Waals surface area contributed by atoms with E-state index in [-0.39, 0.29) is 0 Å². The average molecular weight is 780 g/mol. The predicted octanol–water partition coefficient (Wildman–Crippen LogP) is 16.8. The van der Waals surface area contributed by atoms with Crippen molar-refractivity contribution in [3.8, 4) is 44.5 Å². The lowest BCUT2D eigenvalue weighted by molar-refractivity contribution is 0.668. The van der Waals surface area contributed by atoms with Gasteiger partial charge in [-0.1, -0.05) is 158 Å². The zero-order valence-electron chi connectivity index (χ0n) is 33.1. The van der Waals surface area contributed by atoms with E-state index in [0.29, 0.717) is 0 Å². The normalized spacial score (nSPS) is 11.6. The number of para-hydroxylation sites is 2. The highest BCUT2D eigenvalue weighted by molar-refractivity contribution is 6.13. The molecule has 0 atom stereocenters. The van der Waals surface area contributed by atoms with Crippen molar-refractivity contribution in [1.29, 1.82) is 0 Å². The molecule has 0 aliphatic heterocycles. The fourth-order valence-corrected chi connectivity index (χ4v) is 9.20. The van der Waals surface area contributed by atoms with Crippen molar-refractivity contribution in [3.05, 3.63) is 224 Å². The molecule has 0 N–H and O–H groups in total. The highest BCUT2D eigenvalue weighted by Gasteiger charge is 2.18. The summed E-state index contributed by atoms with van der Waals surface area (Å²) in [6.45, 7) is 0. The van der Waals surface area contributed by atoms with Crippen molar-refractivity contribution in [3.63, 3.8) is 0 Å². The molecule has 12 aromatic rings. The van der Waals surface area contributed by atoms with E-state index in [2.05, 4.69) is 205 Å². The van der Waals surface area contributed by atoms with Gasteiger partial charge in [0.25, 0.3) is 0 Å². The van der Waals surface area contributed by atoms with Gasteiger partial charge in [-0.3, -0.25) is 0 Å². The van der Waals surface area contributed by atoms with Crippen molar-refractivity contribution in [2.75, 3.05) is 4.90 Å². The van der Waals surface area contributed by atoms with Gasteiger partial charge in [0.15, 0.2) is 0 Å². The minimum atomic E-state index is 0.895. The maximum Gasteiger partial charge on any atom is 0.136 e. The number of anilines is 3. The smallest absolute Gasteiger partial charge is 0.136 e. The summed E-state index contributed by atoms with van der Waals surface area (Å²) >= 11 is 0. The molecule has 0 fully saturated rings. The number of hydrogen-bond acceptors (Lipinski definition) is 3. The van der Waals surface area contributed by atoms with Gasteiger partial charge in [0.05, 0.1) is 0 Å². The Balaban J connectivity index is 0.941. The Kier molecular flexibility index (Phi) is 8.17. The van der Waals surface area contributed by atoms with Gasteiger partial charge in [-0.15, -0.1) is 0 Å². The van der Waals surface area contributed by atoms with Crippen LogP contribution < -0.4 is 4.90 Å². The second kappa shape index (κ2) is 14.3. The van der Waals surface area contributed by atoms with Crippen molar-refractivity contribution >= 4 is 71.7 Å². The number of nitrogens with zero attached hydrogens (tertiary/aromatic N) is 1. The molecule has 0 radical (unpaired) electrons. The van der Waals surface area contributed by atoms with Crippen LogP contribution in [0.5, 0.6) is 0 Å². The average Bonchev–Trinajstić information content (AvgIpc) is 3.91. The monoisotopic (exact) mass is 779 g/mol. The first kappa shape index (κ1) is 34.9. The summed E-state index contributed by atoms with van der Waals surface area (Å²) in [6.07, 6.45) is 0. The summed E-state index contributed by atoms with van der Waals surface area (Å²) < 4.78 is 12.5. The maximum atomic E-state index is 6.25. The summed E-state index contributed by atoms with van der Waals surface area (Å²) in [5, 5.41) is 7.03.